The van der Waals surface area contributed by atoms with Gasteiger partial charge >= 0.3 is 0 Å². The molecule has 3 aromatic rings. The van der Waals surface area contributed by atoms with E-state index >= 15 is 0 Å². The first kappa shape index (κ1) is 18.7. The van der Waals surface area contributed by atoms with Crippen LogP contribution in [0.1, 0.15) is 36.8 Å². The van der Waals surface area contributed by atoms with E-state index in [1.54, 1.807) is 24.4 Å². The molecule has 28 heavy (non-hydrogen) atoms. The van der Waals surface area contributed by atoms with Crippen molar-refractivity contribution in [3.63, 3.8) is 0 Å². The molecule has 1 aliphatic heterocycles. The van der Waals surface area contributed by atoms with E-state index in [1.165, 1.54) is 12.1 Å². The van der Waals surface area contributed by atoms with Gasteiger partial charge in [0, 0.05) is 24.9 Å². The van der Waals surface area contributed by atoms with Gasteiger partial charge in [-0.05, 0) is 42.7 Å². The molecule has 0 bridgehead atoms. The number of rotatable bonds is 5. The van der Waals surface area contributed by atoms with E-state index in [-0.39, 0.29) is 17.8 Å². The Morgan fingerprint density at radius 1 is 1.21 bits per heavy atom. The highest BCUT2D eigenvalue weighted by atomic mass is 35.5. The van der Waals surface area contributed by atoms with Gasteiger partial charge in [0.2, 0.25) is 5.91 Å². The van der Waals surface area contributed by atoms with Crippen LogP contribution in [-0.2, 0) is 11.2 Å². The number of nitrogens with zero attached hydrogens (tertiary/aromatic N) is 2. The van der Waals surface area contributed by atoms with Crippen molar-refractivity contribution in [1.82, 2.24) is 9.88 Å². The van der Waals surface area contributed by atoms with E-state index in [0.717, 1.165) is 30.5 Å². The summed E-state index contributed by atoms with van der Waals surface area (Å²) in [5.41, 5.74) is 1.76. The highest BCUT2D eigenvalue weighted by Gasteiger charge is 2.29. The average molecular weight is 399 g/mol. The molecule has 2 heterocycles. The van der Waals surface area contributed by atoms with Gasteiger partial charge in [-0.25, -0.2) is 9.37 Å². The Hall–Kier alpha value is -2.66. The third kappa shape index (κ3) is 3.94. The van der Waals surface area contributed by atoms with Crippen LogP contribution in [0.5, 0.6) is 0 Å². The number of carbonyl (C=O) groups excluding carboxylic acids is 1. The molecule has 1 aliphatic rings. The first-order valence-corrected chi connectivity index (χ1v) is 9.74. The van der Waals surface area contributed by atoms with Crippen molar-refractivity contribution in [3.05, 3.63) is 77.0 Å². The van der Waals surface area contributed by atoms with Crippen LogP contribution in [0.4, 0.5) is 4.39 Å². The number of amides is 1. The van der Waals surface area contributed by atoms with E-state index in [2.05, 4.69) is 4.98 Å². The predicted molar refractivity (Wildman–Crippen MR) is 105 cm³/mol. The number of benzene rings is 2. The molecule has 0 radical (unpaired) electrons. The van der Waals surface area contributed by atoms with Gasteiger partial charge in [-0.3, -0.25) is 4.79 Å². The molecule has 1 amide bonds. The fourth-order valence-electron chi connectivity index (χ4n) is 3.67. The maximum Gasteiger partial charge on any atom is 0.223 e. The maximum absolute atomic E-state index is 13.2. The predicted octanol–water partition coefficient (Wildman–Crippen LogP) is 5.43. The van der Waals surface area contributed by atoms with Crippen LogP contribution in [0, 0.1) is 5.82 Å². The number of halogens is 2. The minimum Gasteiger partial charge on any atom is -0.441 e. The van der Waals surface area contributed by atoms with Crippen LogP contribution in [0.25, 0.3) is 11.3 Å². The van der Waals surface area contributed by atoms with Gasteiger partial charge in [-0.1, -0.05) is 35.9 Å². The number of aromatic nitrogens is 1. The second-order valence-corrected chi connectivity index (χ2v) is 7.30. The number of hydrogen-bond donors (Lipinski definition) is 0. The van der Waals surface area contributed by atoms with Crippen molar-refractivity contribution in [3.8, 4) is 11.3 Å². The lowest BCUT2D eigenvalue weighted by Gasteiger charge is -2.25. The number of aryl methyl sites for hydroxylation is 1. The maximum atomic E-state index is 13.2. The molecular weight excluding hydrogens is 379 g/mol. The topological polar surface area (TPSA) is 46.3 Å². The smallest absolute Gasteiger partial charge is 0.223 e. The second kappa shape index (κ2) is 8.15. The Morgan fingerprint density at radius 3 is 2.79 bits per heavy atom. The molecule has 2 aromatic carbocycles. The molecule has 0 saturated carbocycles. The molecule has 6 heteroatoms. The van der Waals surface area contributed by atoms with Gasteiger partial charge < -0.3 is 9.32 Å². The molecule has 1 atom stereocenters. The number of oxazole rings is 1. The van der Waals surface area contributed by atoms with Crippen molar-refractivity contribution < 1.29 is 13.6 Å². The lowest BCUT2D eigenvalue weighted by molar-refractivity contribution is -0.132. The summed E-state index contributed by atoms with van der Waals surface area (Å²) in [5, 5.41) is 0.598. The van der Waals surface area contributed by atoms with E-state index in [1.807, 2.05) is 23.1 Å². The molecule has 1 saturated heterocycles. The van der Waals surface area contributed by atoms with Crippen molar-refractivity contribution in [2.75, 3.05) is 6.54 Å². The largest absolute Gasteiger partial charge is 0.441 e. The molecule has 4 nitrogen and oxygen atoms in total. The summed E-state index contributed by atoms with van der Waals surface area (Å²) in [6.45, 7) is 0.720. The summed E-state index contributed by atoms with van der Waals surface area (Å²) < 4.78 is 19.0. The first-order chi connectivity index (χ1) is 13.6. The monoisotopic (exact) mass is 398 g/mol. The third-order valence-electron chi connectivity index (χ3n) is 5.07. The Bertz CT molecular complexity index is 971. The number of likely N-dealkylation sites (tertiary alicyclic amines) is 1. The van der Waals surface area contributed by atoms with Crippen LogP contribution in [0.3, 0.4) is 0 Å². The Morgan fingerprint density at radius 2 is 2.00 bits per heavy atom. The van der Waals surface area contributed by atoms with Crippen LogP contribution in [0.15, 0.2) is 59.1 Å². The minimum absolute atomic E-state index is 0.0105. The Labute approximate surface area is 167 Å². The van der Waals surface area contributed by atoms with Gasteiger partial charge in [0.25, 0.3) is 0 Å². The molecular formula is C22H20ClFN2O2. The second-order valence-electron chi connectivity index (χ2n) is 6.89. The van der Waals surface area contributed by atoms with E-state index in [0.29, 0.717) is 29.5 Å². The average Bonchev–Trinajstić information content (AvgIpc) is 3.37. The summed E-state index contributed by atoms with van der Waals surface area (Å²) in [6.07, 6.45) is 4.23. The number of carbonyl (C=O) groups is 1. The minimum atomic E-state index is -0.266. The van der Waals surface area contributed by atoms with Crippen molar-refractivity contribution in [2.45, 2.75) is 31.7 Å². The number of hydrogen-bond acceptors (Lipinski definition) is 3. The molecule has 144 valence electrons. The zero-order valence-electron chi connectivity index (χ0n) is 15.3. The summed E-state index contributed by atoms with van der Waals surface area (Å²) in [5.74, 6) is 0.904. The van der Waals surface area contributed by atoms with Crippen LogP contribution in [-0.4, -0.2) is 22.3 Å². The lowest BCUT2D eigenvalue weighted by Crippen LogP contribution is -2.30. The van der Waals surface area contributed by atoms with E-state index in [9.17, 15) is 9.18 Å². The molecule has 0 spiro atoms. The first-order valence-electron chi connectivity index (χ1n) is 9.36. The van der Waals surface area contributed by atoms with Gasteiger partial charge in [0.1, 0.15) is 5.82 Å². The van der Waals surface area contributed by atoms with Gasteiger partial charge in [0.15, 0.2) is 11.7 Å². The van der Waals surface area contributed by atoms with Gasteiger partial charge in [-0.2, -0.15) is 0 Å². The van der Waals surface area contributed by atoms with Gasteiger partial charge in [-0.15, -0.1) is 0 Å². The fourth-order valence-corrected chi connectivity index (χ4v) is 3.89. The van der Waals surface area contributed by atoms with Crippen LogP contribution in [0.2, 0.25) is 5.02 Å². The highest BCUT2D eigenvalue weighted by molar-refractivity contribution is 6.33. The molecule has 4 rings (SSSR count). The van der Waals surface area contributed by atoms with Crippen molar-refractivity contribution in [1.29, 1.82) is 0 Å². The fraction of sp³-hybridized carbons (Fsp3) is 0.273. The molecule has 1 fully saturated rings. The molecule has 0 N–H and O–H groups in total. The van der Waals surface area contributed by atoms with E-state index < -0.39 is 0 Å². The third-order valence-corrected chi connectivity index (χ3v) is 5.40. The summed E-state index contributed by atoms with van der Waals surface area (Å²) in [7, 11) is 0. The Balaban J connectivity index is 1.40. The van der Waals surface area contributed by atoms with Crippen LogP contribution < -0.4 is 0 Å². The molecule has 1 aromatic heterocycles. The van der Waals surface area contributed by atoms with Crippen LogP contribution >= 0.6 is 11.6 Å². The normalized spacial score (nSPS) is 16.5. The zero-order valence-corrected chi connectivity index (χ0v) is 16.0. The lowest BCUT2D eigenvalue weighted by atomic mass is 10.0. The summed E-state index contributed by atoms with van der Waals surface area (Å²) >= 11 is 6.19. The zero-order chi connectivity index (χ0) is 19.5. The summed E-state index contributed by atoms with van der Waals surface area (Å²) in [4.78, 5) is 18.9. The summed E-state index contributed by atoms with van der Waals surface area (Å²) in [6, 6.07) is 13.8. The van der Waals surface area contributed by atoms with Crippen molar-refractivity contribution >= 4 is 17.5 Å². The van der Waals surface area contributed by atoms with Crippen molar-refractivity contribution in [2.24, 2.45) is 0 Å². The Kier molecular flexibility index (Phi) is 5.44. The highest BCUT2D eigenvalue weighted by Crippen LogP contribution is 2.33. The quantitative estimate of drug-likeness (QED) is 0.575. The standard InChI is InChI=1S/C22H20ClFN2O2/c23-18-5-2-1-4-17(18)20-14-25-21(28-20)11-12-22(27)26-13-3-6-19(26)15-7-9-16(24)10-8-15/h1-2,4-5,7-10,14,19H,3,6,11-13H2. The molecule has 0 aliphatic carbocycles. The molecule has 1 unspecified atom stereocenters. The SMILES string of the molecule is O=C(CCc1ncc(-c2ccccc2Cl)o1)N1CCCC1c1ccc(F)cc1. The van der Waals surface area contributed by atoms with E-state index in [4.69, 9.17) is 16.0 Å². The van der Waals surface area contributed by atoms with Gasteiger partial charge in [0.05, 0.1) is 17.3 Å².